The van der Waals surface area contributed by atoms with Gasteiger partial charge < -0.3 is 10.6 Å². The minimum atomic E-state index is 0.534. The van der Waals surface area contributed by atoms with E-state index in [1.807, 2.05) is 11.3 Å². The van der Waals surface area contributed by atoms with Gasteiger partial charge in [0.15, 0.2) is 0 Å². The van der Waals surface area contributed by atoms with Crippen LogP contribution in [-0.4, -0.2) is 47.4 Å². The van der Waals surface area contributed by atoms with Crippen molar-refractivity contribution >= 4 is 17.2 Å². The zero-order valence-electron chi connectivity index (χ0n) is 14.4. The number of anilines is 1. The maximum Gasteiger partial charge on any atom is 0.124 e. The van der Waals surface area contributed by atoms with E-state index < -0.39 is 0 Å². The first-order chi connectivity index (χ1) is 11.8. The molecule has 0 aliphatic carbocycles. The molecule has 0 bridgehead atoms. The Bertz CT molecular complexity index is 644. The summed E-state index contributed by atoms with van der Waals surface area (Å²) in [5.41, 5.74) is 1.10. The summed E-state index contributed by atoms with van der Waals surface area (Å²) in [5, 5.41) is 14.0. The quantitative estimate of drug-likeness (QED) is 0.845. The van der Waals surface area contributed by atoms with Gasteiger partial charge in [0.2, 0.25) is 0 Å². The van der Waals surface area contributed by atoms with E-state index in [9.17, 15) is 0 Å². The largest absolute Gasteiger partial charge is 0.370 e. The van der Waals surface area contributed by atoms with E-state index in [-0.39, 0.29) is 0 Å². The predicted molar refractivity (Wildman–Crippen MR) is 99.7 cm³/mol. The Morgan fingerprint density at radius 3 is 3.08 bits per heavy atom. The molecule has 0 aromatic carbocycles. The molecule has 1 saturated heterocycles. The molecule has 0 amide bonds. The third-order valence-corrected chi connectivity index (χ3v) is 6.10. The van der Waals surface area contributed by atoms with E-state index in [1.165, 1.54) is 30.8 Å². The van der Waals surface area contributed by atoms with Crippen LogP contribution in [0.1, 0.15) is 29.5 Å². The monoisotopic (exact) mass is 345 g/mol. The Morgan fingerprint density at radius 1 is 1.42 bits per heavy atom. The molecule has 24 heavy (non-hydrogen) atoms. The van der Waals surface area contributed by atoms with Crippen LogP contribution < -0.4 is 10.6 Å². The average molecular weight is 346 g/mol. The van der Waals surface area contributed by atoms with Crippen molar-refractivity contribution in [2.75, 3.05) is 38.0 Å². The van der Waals surface area contributed by atoms with Crippen LogP contribution in [0.25, 0.3) is 0 Å². The van der Waals surface area contributed by atoms with Crippen LogP contribution in [0, 0.1) is 12.8 Å². The molecule has 0 radical (unpaired) electrons. The second kappa shape index (κ2) is 7.25. The molecule has 5 nitrogen and oxygen atoms in total. The molecule has 1 fully saturated rings. The molecule has 2 N–H and O–H groups in total. The third kappa shape index (κ3) is 3.50. The van der Waals surface area contributed by atoms with Crippen LogP contribution in [0.3, 0.4) is 0 Å². The number of fused-ring (bicyclic) bond motifs is 1. The second-order valence-electron chi connectivity index (χ2n) is 7.03. The number of aromatic nitrogens is 2. The maximum atomic E-state index is 4.57. The van der Waals surface area contributed by atoms with Gasteiger partial charge in [0.1, 0.15) is 5.82 Å². The molecule has 4 heterocycles. The second-order valence-corrected chi connectivity index (χ2v) is 8.01. The van der Waals surface area contributed by atoms with Gasteiger partial charge in [-0.3, -0.25) is 4.90 Å². The van der Waals surface area contributed by atoms with Gasteiger partial charge in [-0.25, -0.2) is 4.68 Å². The molecule has 2 aliphatic heterocycles. The van der Waals surface area contributed by atoms with Crippen LogP contribution in [-0.2, 0) is 6.54 Å². The van der Waals surface area contributed by atoms with E-state index in [0.29, 0.717) is 12.0 Å². The normalized spacial score (nSPS) is 22.3. The van der Waals surface area contributed by atoms with Gasteiger partial charge in [-0.15, -0.1) is 11.3 Å². The highest BCUT2D eigenvalue weighted by atomic mass is 32.1. The lowest BCUT2D eigenvalue weighted by molar-refractivity contribution is 0.237. The van der Waals surface area contributed by atoms with E-state index in [2.05, 4.69) is 55.8 Å². The van der Waals surface area contributed by atoms with Crippen molar-refractivity contribution in [3.63, 3.8) is 0 Å². The van der Waals surface area contributed by atoms with E-state index >= 15 is 0 Å². The summed E-state index contributed by atoms with van der Waals surface area (Å²) in [6.07, 6.45) is 2.69. The third-order valence-electron chi connectivity index (χ3n) is 5.13. The van der Waals surface area contributed by atoms with Crippen molar-refractivity contribution in [3.05, 3.63) is 34.2 Å². The first kappa shape index (κ1) is 16.1. The topological polar surface area (TPSA) is 45.1 Å². The Labute approximate surface area is 148 Å². The summed E-state index contributed by atoms with van der Waals surface area (Å²) >= 11 is 1.89. The molecular weight excluding hydrogens is 318 g/mol. The zero-order valence-corrected chi connectivity index (χ0v) is 15.2. The van der Waals surface area contributed by atoms with E-state index in [4.69, 9.17) is 0 Å². The summed E-state index contributed by atoms with van der Waals surface area (Å²) in [5.74, 6) is 1.76. The summed E-state index contributed by atoms with van der Waals surface area (Å²) in [6, 6.07) is 7.13. The molecule has 2 aromatic heterocycles. The van der Waals surface area contributed by atoms with Crippen LogP contribution in [0.2, 0.25) is 0 Å². The van der Waals surface area contributed by atoms with Crippen LogP contribution >= 0.6 is 11.3 Å². The van der Waals surface area contributed by atoms with Gasteiger partial charge in [0, 0.05) is 43.0 Å². The van der Waals surface area contributed by atoms with Gasteiger partial charge in [0.25, 0.3) is 0 Å². The van der Waals surface area contributed by atoms with Crippen LogP contribution in [0.15, 0.2) is 23.6 Å². The van der Waals surface area contributed by atoms with Crippen LogP contribution in [0.4, 0.5) is 5.82 Å². The van der Waals surface area contributed by atoms with Gasteiger partial charge in [-0.05, 0) is 44.3 Å². The highest BCUT2D eigenvalue weighted by molar-refractivity contribution is 7.10. The average Bonchev–Trinajstić information content (AvgIpc) is 3.32. The van der Waals surface area contributed by atoms with Crippen molar-refractivity contribution in [2.24, 2.45) is 5.92 Å². The SMILES string of the molecule is Cc1cc2n(n1)CC(CNCC(c1cccs1)N1CCCC1)CN2. The number of hydrogen-bond acceptors (Lipinski definition) is 5. The fraction of sp³-hybridized carbons (Fsp3) is 0.611. The molecule has 2 aliphatic rings. The lowest BCUT2D eigenvalue weighted by Crippen LogP contribution is -2.39. The lowest BCUT2D eigenvalue weighted by atomic mass is 10.1. The van der Waals surface area contributed by atoms with E-state index in [1.54, 1.807) is 0 Å². The van der Waals surface area contributed by atoms with Gasteiger partial charge >= 0.3 is 0 Å². The fourth-order valence-electron chi connectivity index (χ4n) is 3.89. The minimum Gasteiger partial charge on any atom is -0.370 e. The smallest absolute Gasteiger partial charge is 0.124 e. The molecule has 2 unspecified atom stereocenters. The van der Waals surface area contributed by atoms with Gasteiger partial charge in [-0.2, -0.15) is 5.10 Å². The molecule has 0 saturated carbocycles. The Morgan fingerprint density at radius 2 is 2.29 bits per heavy atom. The standard InChI is InChI=1S/C18H27N5S/c1-14-9-18-20-11-15(13-23(18)21-14)10-19-12-16(17-5-4-8-24-17)22-6-2-3-7-22/h4-5,8-9,15-16,19-20H,2-3,6-7,10-13H2,1H3. The number of hydrogen-bond donors (Lipinski definition) is 2. The molecule has 6 heteroatoms. The Balaban J connectivity index is 1.32. The predicted octanol–water partition coefficient (Wildman–Crippen LogP) is 2.72. The Kier molecular flexibility index (Phi) is 4.87. The van der Waals surface area contributed by atoms with Crippen molar-refractivity contribution in [1.29, 1.82) is 0 Å². The summed E-state index contributed by atoms with van der Waals surface area (Å²) < 4.78 is 2.11. The molecule has 4 rings (SSSR count). The van der Waals surface area contributed by atoms with E-state index in [0.717, 1.165) is 37.7 Å². The first-order valence-corrected chi connectivity index (χ1v) is 9.94. The molecular formula is C18H27N5S. The number of likely N-dealkylation sites (tertiary alicyclic amines) is 1. The number of thiophene rings is 1. The number of aryl methyl sites for hydroxylation is 1. The first-order valence-electron chi connectivity index (χ1n) is 9.06. The van der Waals surface area contributed by atoms with Crippen molar-refractivity contribution in [2.45, 2.75) is 32.4 Å². The van der Waals surface area contributed by atoms with Gasteiger partial charge in [-0.1, -0.05) is 6.07 Å². The highest BCUT2D eigenvalue weighted by Gasteiger charge is 2.25. The number of nitrogens with zero attached hydrogens (tertiary/aromatic N) is 3. The molecule has 2 aromatic rings. The molecule has 2 atom stereocenters. The summed E-state index contributed by atoms with van der Waals surface area (Å²) in [4.78, 5) is 4.14. The van der Waals surface area contributed by atoms with Crippen molar-refractivity contribution < 1.29 is 0 Å². The van der Waals surface area contributed by atoms with Crippen molar-refractivity contribution in [3.8, 4) is 0 Å². The maximum absolute atomic E-state index is 4.57. The number of nitrogens with one attached hydrogen (secondary N) is 2. The zero-order chi connectivity index (χ0) is 16.4. The number of rotatable bonds is 6. The highest BCUT2D eigenvalue weighted by Crippen LogP contribution is 2.28. The van der Waals surface area contributed by atoms with Gasteiger partial charge in [0.05, 0.1) is 11.7 Å². The minimum absolute atomic E-state index is 0.534. The summed E-state index contributed by atoms with van der Waals surface area (Å²) in [6.45, 7) is 8.67. The Hall–Kier alpha value is -1.37. The van der Waals surface area contributed by atoms with Crippen molar-refractivity contribution in [1.82, 2.24) is 20.0 Å². The van der Waals surface area contributed by atoms with Crippen LogP contribution in [0.5, 0.6) is 0 Å². The molecule has 130 valence electrons. The molecule has 0 spiro atoms. The lowest BCUT2D eigenvalue weighted by Gasteiger charge is -2.29. The summed E-state index contributed by atoms with van der Waals surface area (Å²) in [7, 11) is 0. The fourth-order valence-corrected chi connectivity index (χ4v) is 4.75.